The van der Waals surface area contributed by atoms with Crippen LogP contribution in [-0.4, -0.2) is 18.0 Å². The van der Waals surface area contributed by atoms with Crippen LogP contribution in [0.25, 0.3) is 0 Å². The van der Waals surface area contributed by atoms with Gasteiger partial charge in [0.05, 0.1) is 25.9 Å². The average molecular weight is 262 g/mol. The van der Waals surface area contributed by atoms with E-state index >= 15 is 0 Å². The van der Waals surface area contributed by atoms with Crippen molar-refractivity contribution in [1.29, 1.82) is 0 Å². The highest BCUT2D eigenvalue weighted by Crippen LogP contribution is 2.12. The van der Waals surface area contributed by atoms with Crippen molar-refractivity contribution in [2.24, 2.45) is 0 Å². The lowest BCUT2D eigenvalue weighted by Crippen LogP contribution is -2.21. The van der Waals surface area contributed by atoms with Gasteiger partial charge >= 0.3 is 0 Å². The van der Waals surface area contributed by atoms with Gasteiger partial charge in [-0.25, -0.2) is 0 Å². The van der Waals surface area contributed by atoms with Crippen molar-refractivity contribution in [3.05, 3.63) is 47.8 Å². The van der Waals surface area contributed by atoms with Crippen LogP contribution in [0, 0.1) is 0 Å². The number of hydrogen-bond donors (Lipinski definition) is 1. The topological polar surface area (TPSA) is 41.5 Å². The van der Waals surface area contributed by atoms with Gasteiger partial charge in [0, 0.05) is 6.04 Å². The highest BCUT2D eigenvalue weighted by atomic mass is 16.3. The van der Waals surface area contributed by atoms with Crippen LogP contribution in [0.5, 0.6) is 0 Å². The minimum Gasteiger partial charge on any atom is -0.468 e. The number of nitrogens with zero attached hydrogens (tertiary/aromatic N) is 1. The van der Waals surface area contributed by atoms with Crippen LogP contribution in [0.1, 0.15) is 31.1 Å². The van der Waals surface area contributed by atoms with E-state index in [0.717, 1.165) is 36.9 Å². The maximum absolute atomic E-state index is 5.79. The molecule has 0 radical (unpaired) electrons. The largest absolute Gasteiger partial charge is 0.468 e. The third-order valence-electron chi connectivity index (χ3n) is 2.83. The van der Waals surface area contributed by atoms with Gasteiger partial charge in [0.1, 0.15) is 17.3 Å². The van der Waals surface area contributed by atoms with E-state index in [0.29, 0.717) is 6.04 Å². The number of hydrogen-bond acceptors (Lipinski definition) is 4. The number of furan rings is 2. The van der Waals surface area contributed by atoms with E-state index in [-0.39, 0.29) is 0 Å². The molecule has 0 aromatic carbocycles. The van der Waals surface area contributed by atoms with Gasteiger partial charge in [-0.2, -0.15) is 0 Å². The summed E-state index contributed by atoms with van der Waals surface area (Å²) in [6, 6.07) is 8.43. The molecule has 2 rings (SSSR count). The fourth-order valence-corrected chi connectivity index (χ4v) is 1.90. The van der Waals surface area contributed by atoms with Gasteiger partial charge in [-0.1, -0.05) is 13.8 Å². The van der Waals surface area contributed by atoms with Crippen LogP contribution < -0.4 is 5.32 Å². The van der Waals surface area contributed by atoms with Crippen molar-refractivity contribution in [2.75, 3.05) is 7.05 Å². The summed E-state index contributed by atoms with van der Waals surface area (Å²) in [5.41, 5.74) is 0. The van der Waals surface area contributed by atoms with Crippen molar-refractivity contribution in [1.82, 2.24) is 10.2 Å². The zero-order valence-electron chi connectivity index (χ0n) is 11.8. The van der Waals surface area contributed by atoms with Crippen molar-refractivity contribution >= 4 is 0 Å². The Labute approximate surface area is 114 Å². The van der Waals surface area contributed by atoms with E-state index < -0.39 is 0 Å². The molecule has 0 aliphatic carbocycles. The van der Waals surface area contributed by atoms with Crippen molar-refractivity contribution in [2.45, 2.75) is 39.5 Å². The minimum absolute atomic E-state index is 0.468. The Balaban J connectivity index is 1.82. The third-order valence-corrected chi connectivity index (χ3v) is 2.83. The molecule has 0 fully saturated rings. The van der Waals surface area contributed by atoms with E-state index in [9.17, 15) is 0 Å². The fraction of sp³-hybridized carbons (Fsp3) is 0.467. The van der Waals surface area contributed by atoms with E-state index in [1.165, 1.54) is 0 Å². The normalized spacial score (nSPS) is 11.6. The quantitative estimate of drug-likeness (QED) is 0.833. The SMILES string of the molecule is CC(C)NCc1ccc(CN(C)Cc2ccco2)o1. The Morgan fingerprint density at radius 2 is 1.84 bits per heavy atom. The molecule has 0 bridgehead atoms. The molecule has 2 heterocycles. The van der Waals surface area contributed by atoms with Gasteiger partial charge in [0.2, 0.25) is 0 Å². The Morgan fingerprint density at radius 1 is 1.11 bits per heavy atom. The Bertz CT molecular complexity index is 474. The monoisotopic (exact) mass is 262 g/mol. The Morgan fingerprint density at radius 3 is 2.53 bits per heavy atom. The molecule has 104 valence electrons. The predicted octanol–water partition coefficient (Wildman–Crippen LogP) is 3.00. The Kier molecular flexibility index (Phi) is 4.82. The molecule has 0 spiro atoms. The summed E-state index contributed by atoms with van der Waals surface area (Å²) in [6.45, 7) is 6.59. The summed E-state index contributed by atoms with van der Waals surface area (Å²) >= 11 is 0. The summed E-state index contributed by atoms with van der Waals surface area (Å²) < 4.78 is 11.1. The van der Waals surface area contributed by atoms with Gasteiger partial charge in [-0.15, -0.1) is 0 Å². The smallest absolute Gasteiger partial charge is 0.118 e. The second-order valence-corrected chi connectivity index (χ2v) is 5.16. The van der Waals surface area contributed by atoms with Crippen LogP contribution in [-0.2, 0) is 19.6 Å². The van der Waals surface area contributed by atoms with Crippen molar-refractivity contribution < 1.29 is 8.83 Å². The van der Waals surface area contributed by atoms with Gasteiger partial charge < -0.3 is 14.2 Å². The molecule has 0 amide bonds. The van der Waals surface area contributed by atoms with Crippen LogP contribution in [0.15, 0.2) is 39.4 Å². The van der Waals surface area contributed by atoms with Crippen molar-refractivity contribution in [3.8, 4) is 0 Å². The highest BCUT2D eigenvalue weighted by molar-refractivity contribution is 5.07. The lowest BCUT2D eigenvalue weighted by Gasteiger charge is -2.13. The summed E-state index contributed by atoms with van der Waals surface area (Å²) in [7, 11) is 2.05. The summed E-state index contributed by atoms with van der Waals surface area (Å²) in [5, 5.41) is 3.34. The summed E-state index contributed by atoms with van der Waals surface area (Å²) in [6.07, 6.45) is 1.70. The molecule has 1 N–H and O–H groups in total. The first kappa shape index (κ1) is 13.9. The third kappa shape index (κ3) is 4.58. The lowest BCUT2D eigenvalue weighted by atomic mass is 10.3. The molecule has 19 heavy (non-hydrogen) atoms. The average Bonchev–Trinajstić information content (AvgIpc) is 2.98. The first-order valence-corrected chi connectivity index (χ1v) is 6.65. The standard InChI is InChI=1S/C15H22N2O2/c1-12(2)16-9-13-6-7-15(19-13)11-17(3)10-14-5-4-8-18-14/h4-8,12,16H,9-11H2,1-3H3. The van der Waals surface area contributed by atoms with Gasteiger partial charge in [-0.05, 0) is 31.3 Å². The molecule has 2 aromatic rings. The van der Waals surface area contributed by atoms with E-state index in [1.54, 1.807) is 6.26 Å². The first-order valence-electron chi connectivity index (χ1n) is 6.65. The molecule has 2 aromatic heterocycles. The molecular formula is C15H22N2O2. The highest BCUT2D eigenvalue weighted by Gasteiger charge is 2.07. The summed E-state index contributed by atoms with van der Waals surface area (Å²) in [4.78, 5) is 2.16. The summed E-state index contributed by atoms with van der Waals surface area (Å²) in [5.74, 6) is 2.93. The zero-order valence-corrected chi connectivity index (χ0v) is 11.8. The second-order valence-electron chi connectivity index (χ2n) is 5.16. The lowest BCUT2D eigenvalue weighted by molar-refractivity contribution is 0.260. The van der Waals surface area contributed by atoms with Crippen LogP contribution in [0.2, 0.25) is 0 Å². The first-order chi connectivity index (χ1) is 9.13. The van der Waals surface area contributed by atoms with Gasteiger partial charge in [-0.3, -0.25) is 4.90 Å². The van der Waals surface area contributed by atoms with Crippen molar-refractivity contribution in [3.63, 3.8) is 0 Å². The Hall–Kier alpha value is -1.52. The maximum Gasteiger partial charge on any atom is 0.118 e. The van der Waals surface area contributed by atoms with Gasteiger partial charge in [0.25, 0.3) is 0 Å². The van der Waals surface area contributed by atoms with Gasteiger partial charge in [0.15, 0.2) is 0 Å². The van der Waals surface area contributed by atoms with E-state index in [4.69, 9.17) is 8.83 Å². The number of rotatable bonds is 7. The fourth-order valence-electron chi connectivity index (χ4n) is 1.90. The molecule has 0 saturated carbocycles. The molecule has 0 aliphatic heterocycles. The molecule has 0 atom stereocenters. The zero-order chi connectivity index (χ0) is 13.7. The molecule has 0 aliphatic rings. The van der Waals surface area contributed by atoms with E-state index in [2.05, 4.69) is 31.1 Å². The number of nitrogens with one attached hydrogen (secondary N) is 1. The van der Waals surface area contributed by atoms with Crippen LogP contribution >= 0.6 is 0 Å². The van der Waals surface area contributed by atoms with E-state index in [1.807, 2.05) is 24.3 Å². The maximum atomic E-state index is 5.79. The molecule has 4 nitrogen and oxygen atoms in total. The molecule has 4 heteroatoms. The van der Waals surface area contributed by atoms with Crippen LogP contribution in [0.4, 0.5) is 0 Å². The second kappa shape index (κ2) is 6.59. The van der Waals surface area contributed by atoms with Crippen LogP contribution in [0.3, 0.4) is 0 Å². The molecule has 0 unspecified atom stereocenters. The minimum atomic E-state index is 0.468. The molecule has 0 saturated heterocycles. The molecular weight excluding hydrogens is 240 g/mol. The predicted molar refractivity (Wildman–Crippen MR) is 74.6 cm³/mol.